The van der Waals surface area contributed by atoms with Crippen LogP contribution in [0.1, 0.15) is 13.8 Å². The van der Waals surface area contributed by atoms with Crippen LogP contribution in [0.15, 0.2) is 0 Å². The van der Waals surface area contributed by atoms with Gasteiger partial charge in [0, 0.05) is 26.1 Å². The van der Waals surface area contributed by atoms with Gasteiger partial charge in [0.1, 0.15) is 6.10 Å². The van der Waals surface area contributed by atoms with E-state index >= 15 is 0 Å². The molecule has 0 heterocycles. The van der Waals surface area contributed by atoms with Crippen LogP contribution in [0.4, 0.5) is 0 Å². The number of carboxylic acid groups (broad SMARTS) is 1. The van der Waals surface area contributed by atoms with Gasteiger partial charge in [-0.1, -0.05) is 0 Å². The minimum atomic E-state index is -1.23. The van der Waals surface area contributed by atoms with Gasteiger partial charge in [0.25, 0.3) is 0 Å². The molecule has 58 valence electrons. The summed E-state index contributed by atoms with van der Waals surface area (Å²) in [4.78, 5) is 9.45. The third kappa shape index (κ3) is 24.5. The monoisotopic (exact) mass is 200 g/mol. The average molecular weight is 202 g/mol. The zero-order valence-electron chi connectivity index (χ0n) is 6.24. The Morgan fingerprint density at radius 2 is 1.70 bits per heavy atom. The first-order valence-electron chi connectivity index (χ1n) is 2.58. The van der Waals surface area contributed by atoms with Gasteiger partial charge < -0.3 is 15.3 Å². The third-order valence-corrected chi connectivity index (χ3v) is 0.357. The Balaban J connectivity index is -0.000000107. The number of hydrogen-bond acceptors (Lipinski definition) is 3. The number of rotatable bonds is 1. The zero-order valence-corrected chi connectivity index (χ0v) is 9.21. The van der Waals surface area contributed by atoms with E-state index in [9.17, 15) is 4.79 Å². The molecule has 0 aromatic rings. The van der Waals surface area contributed by atoms with Gasteiger partial charge in [0.15, 0.2) is 0 Å². The number of aliphatic hydroxyl groups is 2. The standard InChI is InChI=1S/C3H6O3.C2H6O.Zn/c1-2(4)3(5)6;1-2-3;/h2,4H,1H3,(H,5,6);3H,2H2,1H3;. The third-order valence-electron chi connectivity index (χ3n) is 0.357. The molecule has 0 amide bonds. The number of aliphatic hydroxyl groups excluding tert-OH is 2. The SMILES string of the molecule is CC(O)C(=O)O.CCO.[Zn]. The van der Waals surface area contributed by atoms with Gasteiger partial charge in [-0.05, 0) is 13.8 Å². The second-order valence-corrected chi connectivity index (χ2v) is 1.33. The van der Waals surface area contributed by atoms with Crippen LogP contribution in [0.3, 0.4) is 0 Å². The Kier molecular flexibility index (Phi) is 19.5. The molecule has 0 aliphatic rings. The fourth-order valence-electron chi connectivity index (χ4n) is 0. The van der Waals surface area contributed by atoms with E-state index in [2.05, 4.69) is 0 Å². The molecule has 3 N–H and O–H groups in total. The van der Waals surface area contributed by atoms with Crippen molar-refractivity contribution in [3.63, 3.8) is 0 Å². The molecule has 0 aromatic carbocycles. The van der Waals surface area contributed by atoms with E-state index < -0.39 is 12.1 Å². The normalized spacial score (nSPS) is 10.0. The maximum Gasteiger partial charge on any atom is 0.332 e. The van der Waals surface area contributed by atoms with E-state index in [1.165, 1.54) is 6.92 Å². The Hall–Kier alpha value is 0.0134. The van der Waals surface area contributed by atoms with Crippen molar-refractivity contribution >= 4 is 5.97 Å². The molecule has 0 bridgehead atoms. The van der Waals surface area contributed by atoms with Crippen LogP contribution in [-0.4, -0.2) is 34.0 Å². The first kappa shape index (κ1) is 16.5. The summed E-state index contributed by atoms with van der Waals surface area (Å²) in [6.07, 6.45) is -1.23. The molecule has 0 spiro atoms. The summed E-state index contributed by atoms with van der Waals surface area (Å²) >= 11 is 0. The molecule has 0 rings (SSSR count). The van der Waals surface area contributed by atoms with E-state index in [-0.39, 0.29) is 26.1 Å². The largest absolute Gasteiger partial charge is 0.479 e. The van der Waals surface area contributed by atoms with Gasteiger partial charge in [0.05, 0.1) is 0 Å². The van der Waals surface area contributed by atoms with Crippen LogP contribution in [0.25, 0.3) is 0 Å². The smallest absolute Gasteiger partial charge is 0.332 e. The predicted octanol–water partition coefficient (Wildman–Crippen LogP) is -0.552. The van der Waals surface area contributed by atoms with E-state index in [0.29, 0.717) is 0 Å². The summed E-state index contributed by atoms with van der Waals surface area (Å²) in [6.45, 7) is 3.13. The molecule has 10 heavy (non-hydrogen) atoms. The first-order valence-corrected chi connectivity index (χ1v) is 2.58. The molecule has 0 aliphatic heterocycles. The van der Waals surface area contributed by atoms with E-state index in [1.54, 1.807) is 6.92 Å². The Morgan fingerprint density at radius 3 is 1.70 bits per heavy atom. The Labute approximate surface area is 72.6 Å². The van der Waals surface area contributed by atoms with Gasteiger partial charge >= 0.3 is 5.97 Å². The zero-order chi connectivity index (χ0) is 7.86. The minimum Gasteiger partial charge on any atom is -0.479 e. The van der Waals surface area contributed by atoms with Crippen LogP contribution >= 0.6 is 0 Å². The number of aliphatic carboxylic acids is 1. The molecule has 0 aromatic heterocycles. The van der Waals surface area contributed by atoms with E-state index in [1.807, 2.05) is 0 Å². The molecule has 4 nitrogen and oxygen atoms in total. The van der Waals surface area contributed by atoms with Crippen LogP contribution in [0, 0.1) is 0 Å². The quantitative estimate of drug-likeness (QED) is 0.498. The summed E-state index contributed by atoms with van der Waals surface area (Å²) in [5.74, 6) is -1.19. The fourth-order valence-corrected chi connectivity index (χ4v) is 0. The van der Waals surface area contributed by atoms with Gasteiger partial charge in [0.2, 0.25) is 0 Å². The van der Waals surface area contributed by atoms with Crippen molar-refractivity contribution in [2.24, 2.45) is 0 Å². The number of hydrogen-bond donors (Lipinski definition) is 3. The maximum atomic E-state index is 9.45. The van der Waals surface area contributed by atoms with Crippen molar-refractivity contribution in [3.05, 3.63) is 0 Å². The first-order chi connectivity index (χ1) is 4.06. The van der Waals surface area contributed by atoms with Gasteiger partial charge in [-0.3, -0.25) is 0 Å². The molecule has 0 aliphatic carbocycles. The summed E-state index contributed by atoms with van der Waals surface area (Å²) in [5, 5.41) is 23.3. The molecular weight excluding hydrogens is 189 g/mol. The Bertz CT molecular complexity index is 74.0. The van der Waals surface area contributed by atoms with Crippen molar-refractivity contribution in [1.29, 1.82) is 0 Å². The average Bonchev–Trinajstić information content (AvgIpc) is 1.68. The molecule has 0 saturated heterocycles. The van der Waals surface area contributed by atoms with Crippen molar-refractivity contribution < 1.29 is 39.6 Å². The predicted molar refractivity (Wildman–Crippen MR) is 32.1 cm³/mol. The van der Waals surface area contributed by atoms with E-state index in [0.717, 1.165) is 0 Å². The molecule has 0 saturated carbocycles. The van der Waals surface area contributed by atoms with Gasteiger partial charge in [-0.15, -0.1) is 0 Å². The number of carbonyl (C=O) groups is 1. The maximum absolute atomic E-state index is 9.45. The van der Waals surface area contributed by atoms with Crippen LogP contribution < -0.4 is 0 Å². The Morgan fingerprint density at radius 1 is 1.60 bits per heavy atom. The van der Waals surface area contributed by atoms with Gasteiger partial charge in [-0.2, -0.15) is 0 Å². The van der Waals surface area contributed by atoms with Crippen molar-refractivity contribution in [2.45, 2.75) is 20.0 Å². The number of carboxylic acids is 1. The topological polar surface area (TPSA) is 77.8 Å². The van der Waals surface area contributed by atoms with Crippen molar-refractivity contribution in [1.82, 2.24) is 0 Å². The van der Waals surface area contributed by atoms with E-state index in [4.69, 9.17) is 15.3 Å². The molecule has 5 heteroatoms. The van der Waals surface area contributed by atoms with Crippen LogP contribution in [0.5, 0.6) is 0 Å². The second kappa shape index (κ2) is 11.8. The summed E-state index contributed by atoms with van der Waals surface area (Å²) in [7, 11) is 0. The van der Waals surface area contributed by atoms with Crippen LogP contribution in [0.2, 0.25) is 0 Å². The van der Waals surface area contributed by atoms with Crippen molar-refractivity contribution in [3.8, 4) is 0 Å². The second-order valence-electron chi connectivity index (χ2n) is 1.33. The summed E-state index contributed by atoms with van der Waals surface area (Å²) in [6, 6.07) is 0. The molecule has 0 radical (unpaired) electrons. The van der Waals surface area contributed by atoms with Gasteiger partial charge in [-0.25, -0.2) is 4.79 Å². The molecule has 1 unspecified atom stereocenters. The fraction of sp³-hybridized carbons (Fsp3) is 0.800. The summed E-state index contributed by atoms with van der Waals surface area (Å²) < 4.78 is 0. The minimum absolute atomic E-state index is 0. The van der Waals surface area contributed by atoms with Crippen LogP contribution in [-0.2, 0) is 24.3 Å². The van der Waals surface area contributed by atoms with Crippen molar-refractivity contribution in [2.75, 3.05) is 6.61 Å². The molecular formula is C5H12O4Zn. The molecule has 0 fully saturated rings. The summed E-state index contributed by atoms with van der Waals surface area (Å²) in [5.41, 5.74) is 0. The molecule has 1 atom stereocenters.